The molecule has 2 aromatic heterocycles. The van der Waals surface area contributed by atoms with Crippen LogP contribution in [-0.4, -0.2) is 21.7 Å². The van der Waals surface area contributed by atoms with E-state index in [2.05, 4.69) is 29.0 Å². The van der Waals surface area contributed by atoms with Crippen LogP contribution in [0.25, 0.3) is 11.6 Å². The number of rotatable bonds is 5. The van der Waals surface area contributed by atoms with Gasteiger partial charge >= 0.3 is 0 Å². The van der Waals surface area contributed by atoms with Gasteiger partial charge in [0.25, 0.3) is 5.89 Å². The third-order valence-corrected chi connectivity index (χ3v) is 2.65. The highest BCUT2D eigenvalue weighted by Gasteiger charge is 2.22. The first-order chi connectivity index (χ1) is 9.11. The van der Waals surface area contributed by atoms with Crippen molar-refractivity contribution < 1.29 is 9.26 Å². The number of nitrogen functional groups attached to an aromatic ring is 1. The van der Waals surface area contributed by atoms with Gasteiger partial charge in [-0.05, 0) is 25.0 Å². The maximum Gasteiger partial charge on any atom is 0.276 e. The van der Waals surface area contributed by atoms with E-state index >= 15 is 0 Å². The summed E-state index contributed by atoms with van der Waals surface area (Å²) in [5.41, 5.74) is 6.79. The molecule has 1 atom stereocenters. The summed E-state index contributed by atoms with van der Waals surface area (Å²) in [6.45, 7) is 6.65. The number of hydrogen-bond acceptors (Lipinski definition) is 6. The van der Waals surface area contributed by atoms with Gasteiger partial charge in [0.15, 0.2) is 0 Å². The molecule has 2 heterocycles. The van der Waals surface area contributed by atoms with Gasteiger partial charge in [0.1, 0.15) is 11.8 Å². The Hall–Kier alpha value is -1.95. The standard InChI is InChI=1S/C13H18N4O2/c1-4-18-11(8(2)3)12-16-13(19-17-12)10-6-5-9(14)7-15-10/h5-8,11H,4,14H2,1-3H3. The van der Waals surface area contributed by atoms with Crippen LogP contribution in [0.4, 0.5) is 5.69 Å². The van der Waals surface area contributed by atoms with E-state index in [4.69, 9.17) is 15.0 Å². The van der Waals surface area contributed by atoms with Crippen LogP contribution >= 0.6 is 0 Å². The van der Waals surface area contributed by atoms with Gasteiger partial charge in [-0.1, -0.05) is 19.0 Å². The Bertz CT molecular complexity index is 522. The first kappa shape index (κ1) is 13.5. The number of hydrogen-bond donors (Lipinski definition) is 1. The van der Waals surface area contributed by atoms with E-state index < -0.39 is 0 Å². The summed E-state index contributed by atoms with van der Waals surface area (Å²) >= 11 is 0. The normalized spacial score (nSPS) is 12.8. The lowest BCUT2D eigenvalue weighted by Crippen LogP contribution is -2.12. The predicted molar refractivity (Wildman–Crippen MR) is 71.1 cm³/mol. The van der Waals surface area contributed by atoms with Crippen LogP contribution in [0.2, 0.25) is 0 Å². The van der Waals surface area contributed by atoms with E-state index in [1.54, 1.807) is 18.3 Å². The number of anilines is 1. The molecule has 0 radical (unpaired) electrons. The van der Waals surface area contributed by atoms with Gasteiger partial charge in [-0.3, -0.25) is 0 Å². The molecule has 0 saturated heterocycles. The molecule has 2 rings (SSSR count). The van der Waals surface area contributed by atoms with Gasteiger partial charge < -0.3 is 15.0 Å². The molecule has 2 aromatic rings. The van der Waals surface area contributed by atoms with E-state index in [1.807, 2.05) is 6.92 Å². The average Bonchev–Trinajstić information content (AvgIpc) is 2.85. The third kappa shape index (κ3) is 3.08. The Labute approximate surface area is 112 Å². The minimum Gasteiger partial charge on any atom is -0.397 e. The number of pyridine rings is 1. The minimum atomic E-state index is -0.170. The smallest absolute Gasteiger partial charge is 0.276 e. The molecule has 6 heteroatoms. The molecule has 0 fully saturated rings. The lowest BCUT2D eigenvalue weighted by molar-refractivity contribution is 0.0217. The molecule has 102 valence electrons. The lowest BCUT2D eigenvalue weighted by atomic mass is 10.1. The highest BCUT2D eigenvalue weighted by molar-refractivity contribution is 5.50. The van der Waals surface area contributed by atoms with E-state index in [0.29, 0.717) is 29.7 Å². The van der Waals surface area contributed by atoms with Gasteiger partial charge in [-0.15, -0.1) is 0 Å². The van der Waals surface area contributed by atoms with Crippen molar-refractivity contribution in [1.29, 1.82) is 0 Å². The van der Waals surface area contributed by atoms with Crippen molar-refractivity contribution in [1.82, 2.24) is 15.1 Å². The van der Waals surface area contributed by atoms with Gasteiger partial charge in [-0.2, -0.15) is 4.98 Å². The van der Waals surface area contributed by atoms with Crippen molar-refractivity contribution in [3.8, 4) is 11.6 Å². The largest absolute Gasteiger partial charge is 0.397 e. The second-order valence-corrected chi connectivity index (χ2v) is 4.55. The average molecular weight is 262 g/mol. The van der Waals surface area contributed by atoms with Crippen LogP contribution in [-0.2, 0) is 4.74 Å². The molecule has 0 aliphatic carbocycles. The molecule has 0 spiro atoms. The number of nitrogens with two attached hydrogens (primary N) is 1. The molecule has 0 bridgehead atoms. The molecule has 0 aliphatic heterocycles. The molecule has 0 aliphatic rings. The fourth-order valence-electron chi connectivity index (χ4n) is 1.73. The second kappa shape index (κ2) is 5.79. The van der Waals surface area contributed by atoms with Crippen LogP contribution < -0.4 is 5.73 Å². The van der Waals surface area contributed by atoms with Crippen molar-refractivity contribution in [3.63, 3.8) is 0 Å². The first-order valence-corrected chi connectivity index (χ1v) is 6.29. The Morgan fingerprint density at radius 2 is 2.16 bits per heavy atom. The molecule has 6 nitrogen and oxygen atoms in total. The van der Waals surface area contributed by atoms with Crippen molar-refractivity contribution in [2.75, 3.05) is 12.3 Å². The predicted octanol–water partition coefficient (Wildman–Crippen LogP) is 2.45. The molecule has 0 amide bonds. The lowest BCUT2D eigenvalue weighted by Gasteiger charge is -2.16. The maximum atomic E-state index is 5.63. The molecular formula is C13H18N4O2. The second-order valence-electron chi connectivity index (χ2n) is 4.55. The third-order valence-electron chi connectivity index (χ3n) is 2.65. The zero-order chi connectivity index (χ0) is 13.8. The zero-order valence-electron chi connectivity index (χ0n) is 11.3. The van der Waals surface area contributed by atoms with Gasteiger partial charge in [0.2, 0.25) is 5.82 Å². The zero-order valence-corrected chi connectivity index (χ0v) is 11.3. The van der Waals surface area contributed by atoms with Crippen molar-refractivity contribution >= 4 is 5.69 Å². The molecule has 2 N–H and O–H groups in total. The minimum absolute atomic E-state index is 0.170. The highest BCUT2D eigenvalue weighted by Crippen LogP contribution is 2.25. The van der Waals surface area contributed by atoms with E-state index in [1.165, 1.54) is 0 Å². The summed E-state index contributed by atoms with van der Waals surface area (Å²) in [6, 6.07) is 3.49. The van der Waals surface area contributed by atoms with Crippen LogP contribution in [0.5, 0.6) is 0 Å². The Balaban J connectivity index is 2.24. The molecule has 1 unspecified atom stereocenters. The molecule has 19 heavy (non-hydrogen) atoms. The topological polar surface area (TPSA) is 87.1 Å². The monoisotopic (exact) mass is 262 g/mol. The van der Waals surface area contributed by atoms with Crippen LogP contribution in [0, 0.1) is 5.92 Å². The maximum absolute atomic E-state index is 5.63. The van der Waals surface area contributed by atoms with Crippen LogP contribution in [0.15, 0.2) is 22.9 Å². The summed E-state index contributed by atoms with van der Waals surface area (Å²) in [4.78, 5) is 8.49. The van der Waals surface area contributed by atoms with Crippen molar-refractivity contribution in [3.05, 3.63) is 24.2 Å². The molecule has 0 saturated carbocycles. The van der Waals surface area contributed by atoms with Gasteiger partial charge in [-0.25, -0.2) is 4.98 Å². The quantitative estimate of drug-likeness (QED) is 0.890. The summed E-state index contributed by atoms with van der Waals surface area (Å²) in [5, 5.41) is 3.97. The van der Waals surface area contributed by atoms with Crippen LogP contribution in [0.3, 0.4) is 0 Å². The van der Waals surface area contributed by atoms with Gasteiger partial charge in [0.05, 0.1) is 11.9 Å². The van der Waals surface area contributed by atoms with Crippen LogP contribution in [0.1, 0.15) is 32.7 Å². The van der Waals surface area contributed by atoms with E-state index in [0.717, 1.165) is 0 Å². The van der Waals surface area contributed by atoms with Crippen molar-refractivity contribution in [2.24, 2.45) is 5.92 Å². The SMILES string of the molecule is CCOC(c1noc(-c2ccc(N)cn2)n1)C(C)C. The Morgan fingerprint density at radius 3 is 2.74 bits per heavy atom. The molecular weight excluding hydrogens is 244 g/mol. The number of aromatic nitrogens is 3. The summed E-state index contributed by atoms with van der Waals surface area (Å²) in [7, 11) is 0. The summed E-state index contributed by atoms with van der Waals surface area (Å²) in [6.07, 6.45) is 1.39. The first-order valence-electron chi connectivity index (χ1n) is 6.29. The highest BCUT2D eigenvalue weighted by atomic mass is 16.5. The number of ether oxygens (including phenoxy) is 1. The summed E-state index contributed by atoms with van der Waals surface area (Å²) in [5.74, 6) is 1.19. The van der Waals surface area contributed by atoms with Crippen molar-refractivity contribution in [2.45, 2.75) is 26.9 Å². The number of nitrogens with zero attached hydrogens (tertiary/aromatic N) is 3. The molecule has 0 aromatic carbocycles. The van der Waals surface area contributed by atoms with E-state index in [9.17, 15) is 0 Å². The van der Waals surface area contributed by atoms with E-state index in [-0.39, 0.29) is 12.0 Å². The Kier molecular flexibility index (Phi) is 4.11. The fourth-order valence-corrected chi connectivity index (χ4v) is 1.73. The van der Waals surface area contributed by atoms with Gasteiger partial charge in [0, 0.05) is 6.61 Å². The fraction of sp³-hybridized carbons (Fsp3) is 0.462. The summed E-state index contributed by atoms with van der Waals surface area (Å²) < 4.78 is 10.9. The Morgan fingerprint density at radius 1 is 1.37 bits per heavy atom.